The molecule has 1 atom stereocenters. The molecule has 1 heterocycles. The fourth-order valence-corrected chi connectivity index (χ4v) is 3.60. The van der Waals surface area contributed by atoms with Crippen molar-refractivity contribution in [2.75, 3.05) is 7.11 Å². The van der Waals surface area contributed by atoms with Gasteiger partial charge in [0, 0.05) is 52.5 Å². The topological polar surface area (TPSA) is 151 Å². The number of methoxy groups -OCH3 is 1. The van der Waals surface area contributed by atoms with Crippen LogP contribution in [-0.4, -0.2) is 39.8 Å². The molecule has 1 amide bonds. The number of ether oxygens (including phenoxy) is 1. The fraction of sp³-hybridized carbons (Fsp3) is 0.174. The van der Waals surface area contributed by atoms with Gasteiger partial charge in [-0.2, -0.15) is 0 Å². The van der Waals surface area contributed by atoms with Gasteiger partial charge in [-0.3, -0.25) is 19.9 Å². The Morgan fingerprint density at radius 1 is 1.23 bits per heavy atom. The van der Waals surface area contributed by atoms with Gasteiger partial charge in [0.15, 0.2) is 0 Å². The average Bonchev–Trinajstić information content (AvgIpc) is 2.86. The monoisotopic (exact) mass is 494 g/mol. The van der Waals surface area contributed by atoms with Crippen LogP contribution in [0.25, 0.3) is 10.4 Å². The number of nitrogens with zero attached hydrogens (tertiary/aromatic N) is 6. The van der Waals surface area contributed by atoms with Crippen LogP contribution < -0.4 is 0 Å². The van der Waals surface area contributed by atoms with Crippen molar-refractivity contribution in [1.29, 1.82) is 0 Å². The summed E-state index contributed by atoms with van der Waals surface area (Å²) < 4.78 is 4.98. The molecule has 0 fully saturated rings. The lowest BCUT2D eigenvalue weighted by molar-refractivity contribution is -0.384. The fourth-order valence-electron chi connectivity index (χ4n) is 3.43. The number of rotatable bonds is 9. The van der Waals surface area contributed by atoms with Gasteiger partial charge in [-0.15, -0.1) is 0 Å². The molecular weight excluding hydrogens is 476 g/mol. The van der Waals surface area contributed by atoms with E-state index in [4.69, 9.17) is 21.9 Å². The van der Waals surface area contributed by atoms with Crippen LogP contribution in [0.3, 0.4) is 0 Å². The maximum Gasteiger partial charge on any atom is 0.329 e. The smallest absolute Gasteiger partial charge is 0.329 e. The summed E-state index contributed by atoms with van der Waals surface area (Å²) in [7, 11) is 1.19. The molecule has 0 aliphatic rings. The van der Waals surface area contributed by atoms with Crippen LogP contribution in [0.5, 0.6) is 0 Å². The summed E-state index contributed by atoms with van der Waals surface area (Å²) in [5.41, 5.74) is 9.66. The Balaban J connectivity index is 2.12. The minimum Gasteiger partial charge on any atom is -0.467 e. The summed E-state index contributed by atoms with van der Waals surface area (Å²) in [4.78, 5) is 45.5. The van der Waals surface area contributed by atoms with Crippen molar-refractivity contribution in [1.82, 2.24) is 9.88 Å². The molecule has 0 aliphatic heterocycles. The lowest BCUT2D eigenvalue weighted by Gasteiger charge is -2.30. The number of azide groups is 1. The predicted octanol–water partition coefficient (Wildman–Crippen LogP) is 5.01. The zero-order valence-corrected chi connectivity index (χ0v) is 19.2. The number of pyridine rings is 1. The minimum absolute atomic E-state index is 0.00689. The number of nitro groups is 1. The number of amides is 1. The average molecular weight is 495 g/mol. The molecule has 0 N–H and O–H groups in total. The van der Waals surface area contributed by atoms with E-state index in [-0.39, 0.29) is 34.9 Å². The molecule has 2 aromatic carbocycles. The number of nitro benzene ring substituents is 1. The molecule has 0 radical (unpaired) electrons. The first-order chi connectivity index (χ1) is 16.8. The Labute approximate surface area is 204 Å². The standard InChI is InChI=1S/C23H19ClN6O5/c1-35-23(32)21(13-17-6-2-3-10-26-17)29(14-15-5-4-7-18(11-15)30(33)34)22(31)19-9-8-16(24)12-20(19)27-28-25/h2-12,21H,13-14H2,1H3/t21-/m1/s1. The number of hydrogen-bond acceptors (Lipinski definition) is 7. The van der Waals surface area contributed by atoms with E-state index in [1.807, 2.05) is 0 Å². The highest BCUT2D eigenvalue weighted by Crippen LogP contribution is 2.28. The van der Waals surface area contributed by atoms with Gasteiger partial charge in [0.1, 0.15) is 6.04 Å². The second-order valence-electron chi connectivity index (χ2n) is 7.28. The first-order valence-electron chi connectivity index (χ1n) is 10.2. The molecule has 0 aliphatic carbocycles. The van der Waals surface area contributed by atoms with Crippen LogP contribution in [0.1, 0.15) is 21.6 Å². The van der Waals surface area contributed by atoms with Crippen molar-refractivity contribution in [3.8, 4) is 0 Å². The van der Waals surface area contributed by atoms with Gasteiger partial charge >= 0.3 is 5.97 Å². The van der Waals surface area contributed by atoms with Crippen molar-refractivity contribution >= 4 is 34.9 Å². The lowest BCUT2D eigenvalue weighted by Crippen LogP contribution is -2.46. The van der Waals surface area contributed by atoms with Gasteiger partial charge in [-0.1, -0.05) is 34.9 Å². The first-order valence-corrected chi connectivity index (χ1v) is 10.6. The van der Waals surface area contributed by atoms with Crippen molar-refractivity contribution in [2.45, 2.75) is 19.0 Å². The molecule has 178 valence electrons. The molecule has 3 rings (SSSR count). The number of carbonyl (C=O) groups excluding carboxylic acids is 2. The first kappa shape index (κ1) is 25.2. The number of benzene rings is 2. The largest absolute Gasteiger partial charge is 0.467 e. The molecule has 0 saturated carbocycles. The summed E-state index contributed by atoms with van der Waals surface area (Å²) >= 11 is 6.00. The van der Waals surface area contributed by atoms with Gasteiger partial charge in [-0.25, -0.2) is 4.79 Å². The summed E-state index contributed by atoms with van der Waals surface area (Å²) in [6.07, 6.45) is 1.56. The Kier molecular flexibility index (Phi) is 8.33. The molecule has 3 aromatic rings. The van der Waals surface area contributed by atoms with Gasteiger partial charge in [0.25, 0.3) is 11.6 Å². The van der Waals surface area contributed by atoms with Gasteiger partial charge in [-0.05, 0) is 41.4 Å². The molecule has 1 aromatic heterocycles. The van der Waals surface area contributed by atoms with Gasteiger partial charge in [0.2, 0.25) is 0 Å². The number of hydrogen-bond donors (Lipinski definition) is 0. The quantitative estimate of drug-likeness (QED) is 0.102. The van der Waals surface area contributed by atoms with Crippen molar-refractivity contribution in [3.63, 3.8) is 0 Å². The summed E-state index contributed by atoms with van der Waals surface area (Å²) in [5.74, 6) is -1.38. The van der Waals surface area contributed by atoms with Crippen molar-refractivity contribution < 1.29 is 19.2 Å². The molecule has 12 heteroatoms. The van der Waals surface area contributed by atoms with Gasteiger partial charge in [0.05, 0.1) is 17.7 Å². The third-order valence-corrected chi connectivity index (χ3v) is 5.29. The number of non-ortho nitro benzene ring substituents is 1. The van der Waals surface area contributed by atoms with Crippen LogP contribution >= 0.6 is 11.6 Å². The van der Waals surface area contributed by atoms with Crippen molar-refractivity contribution in [2.24, 2.45) is 5.11 Å². The van der Waals surface area contributed by atoms with E-state index in [2.05, 4.69) is 15.0 Å². The van der Waals surface area contributed by atoms with E-state index < -0.39 is 22.8 Å². The molecule has 35 heavy (non-hydrogen) atoms. The highest BCUT2D eigenvalue weighted by atomic mass is 35.5. The minimum atomic E-state index is -1.14. The van der Waals surface area contributed by atoms with Crippen LogP contribution in [0, 0.1) is 10.1 Å². The third kappa shape index (κ3) is 6.32. The number of halogens is 1. The van der Waals surface area contributed by atoms with E-state index in [9.17, 15) is 19.7 Å². The molecule has 0 unspecified atom stereocenters. The maximum absolute atomic E-state index is 13.8. The van der Waals surface area contributed by atoms with E-state index in [0.717, 1.165) is 0 Å². The summed E-state index contributed by atoms with van der Waals surface area (Å²) in [6.45, 7) is -0.175. The summed E-state index contributed by atoms with van der Waals surface area (Å²) in [5, 5.41) is 15.1. The normalized spacial score (nSPS) is 11.1. The highest BCUT2D eigenvalue weighted by Gasteiger charge is 2.33. The second kappa shape index (κ2) is 11.6. The summed E-state index contributed by atoms with van der Waals surface area (Å²) in [6, 6.07) is 13.9. The molecular formula is C23H19ClN6O5. The maximum atomic E-state index is 13.8. The Morgan fingerprint density at radius 2 is 2.03 bits per heavy atom. The van der Waals surface area contributed by atoms with E-state index >= 15 is 0 Å². The molecule has 0 bridgehead atoms. The van der Waals surface area contributed by atoms with E-state index in [1.165, 1.54) is 48.4 Å². The molecule has 0 spiro atoms. The number of aromatic nitrogens is 1. The molecule has 11 nitrogen and oxygen atoms in total. The van der Waals surface area contributed by atoms with Gasteiger partial charge < -0.3 is 9.64 Å². The van der Waals surface area contributed by atoms with Crippen LogP contribution in [-0.2, 0) is 22.5 Å². The highest BCUT2D eigenvalue weighted by molar-refractivity contribution is 6.31. The number of esters is 1. The predicted molar refractivity (Wildman–Crippen MR) is 127 cm³/mol. The second-order valence-corrected chi connectivity index (χ2v) is 7.71. The lowest BCUT2D eigenvalue weighted by atomic mass is 10.0. The Bertz CT molecular complexity index is 1300. The van der Waals surface area contributed by atoms with E-state index in [0.29, 0.717) is 11.3 Å². The number of carbonyl (C=O) groups is 2. The Hall–Kier alpha value is -4.47. The zero-order valence-electron chi connectivity index (χ0n) is 18.4. The third-order valence-electron chi connectivity index (χ3n) is 5.06. The Morgan fingerprint density at radius 3 is 2.69 bits per heavy atom. The SMILES string of the molecule is COC(=O)[C@@H](Cc1ccccn1)N(Cc1cccc([N+](=O)[O-])c1)C(=O)c1ccc(Cl)cc1N=[N+]=[N-]. The van der Waals surface area contributed by atoms with Crippen LogP contribution in [0.4, 0.5) is 11.4 Å². The van der Waals surface area contributed by atoms with Crippen LogP contribution in [0.15, 0.2) is 72.0 Å². The molecule has 0 saturated heterocycles. The van der Waals surface area contributed by atoms with Crippen molar-refractivity contribution in [3.05, 3.63) is 109 Å². The van der Waals surface area contributed by atoms with E-state index in [1.54, 1.807) is 30.5 Å². The van der Waals surface area contributed by atoms with Crippen LogP contribution in [0.2, 0.25) is 5.02 Å². The zero-order chi connectivity index (χ0) is 25.4.